The monoisotopic (exact) mass is 493 g/mol. The van der Waals surface area contributed by atoms with E-state index in [0.717, 1.165) is 18.7 Å². The number of ketones is 1. The molecule has 1 atom stereocenters. The van der Waals surface area contributed by atoms with Crippen LogP contribution in [0, 0.1) is 0 Å². The summed E-state index contributed by atoms with van der Waals surface area (Å²) in [6.45, 7) is 10.6. The molecule has 0 radical (unpaired) electrons. The van der Waals surface area contributed by atoms with Gasteiger partial charge in [0.2, 0.25) is 0 Å². The molecule has 0 aromatic heterocycles. The molecule has 0 bridgehead atoms. The number of hydrogen-bond donors (Lipinski definition) is 2. The lowest BCUT2D eigenvalue weighted by atomic mass is 9.95. The first kappa shape index (κ1) is 25.5. The molecule has 2 heterocycles. The van der Waals surface area contributed by atoms with Gasteiger partial charge in [-0.2, -0.15) is 0 Å². The Morgan fingerprint density at radius 2 is 1.72 bits per heavy atom. The Balaban J connectivity index is 1.69. The van der Waals surface area contributed by atoms with E-state index in [1.54, 1.807) is 47.4 Å². The summed E-state index contributed by atoms with van der Waals surface area (Å²) < 4.78 is 16.5. The molecule has 4 rings (SSSR count). The molecule has 8 heteroatoms. The van der Waals surface area contributed by atoms with E-state index in [9.17, 15) is 14.7 Å². The average molecular weight is 494 g/mol. The van der Waals surface area contributed by atoms with Crippen molar-refractivity contribution in [2.45, 2.75) is 13.0 Å². The molecule has 0 unspecified atom stereocenters. The Labute approximate surface area is 211 Å². The number of amides is 1. The summed E-state index contributed by atoms with van der Waals surface area (Å²) in [6, 6.07) is 13.4. The van der Waals surface area contributed by atoms with Crippen molar-refractivity contribution in [1.29, 1.82) is 0 Å². The first-order valence-corrected chi connectivity index (χ1v) is 12.3. The predicted molar refractivity (Wildman–Crippen MR) is 135 cm³/mol. The maximum absolute atomic E-state index is 13.2. The van der Waals surface area contributed by atoms with Gasteiger partial charge in [0.25, 0.3) is 11.7 Å². The summed E-state index contributed by atoms with van der Waals surface area (Å²) >= 11 is 0. The van der Waals surface area contributed by atoms with E-state index in [2.05, 4.69) is 6.58 Å². The van der Waals surface area contributed by atoms with Gasteiger partial charge >= 0.3 is 0 Å². The molecule has 2 aromatic carbocycles. The number of benzene rings is 2. The number of hydrogen-bond acceptors (Lipinski definition) is 6. The van der Waals surface area contributed by atoms with Crippen LogP contribution in [0.4, 0.5) is 0 Å². The lowest BCUT2D eigenvalue weighted by Gasteiger charge is -2.29. The van der Waals surface area contributed by atoms with Gasteiger partial charge in [-0.25, -0.2) is 0 Å². The van der Waals surface area contributed by atoms with Crippen molar-refractivity contribution >= 4 is 17.4 Å². The molecule has 0 spiro atoms. The lowest BCUT2D eigenvalue weighted by molar-refractivity contribution is -0.907. The molecular formula is C28H33N2O6+. The van der Waals surface area contributed by atoms with Gasteiger partial charge in [0.15, 0.2) is 0 Å². The van der Waals surface area contributed by atoms with Crippen LogP contribution in [-0.4, -0.2) is 74.3 Å². The van der Waals surface area contributed by atoms with Crippen molar-refractivity contribution in [2.24, 2.45) is 0 Å². The Kier molecular flexibility index (Phi) is 8.40. The number of likely N-dealkylation sites (tertiary alicyclic amines) is 1. The van der Waals surface area contributed by atoms with Gasteiger partial charge in [0.1, 0.15) is 37.0 Å². The second kappa shape index (κ2) is 11.9. The highest BCUT2D eigenvalue weighted by Crippen LogP contribution is 2.39. The van der Waals surface area contributed by atoms with Crippen LogP contribution in [0.5, 0.6) is 11.5 Å². The third-order valence-corrected chi connectivity index (χ3v) is 6.45. The van der Waals surface area contributed by atoms with Crippen LogP contribution >= 0.6 is 0 Å². The zero-order chi connectivity index (χ0) is 25.5. The molecule has 190 valence electrons. The van der Waals surface area contributed by atoms with Gasteiger partial charge in [-0.3, -0.25) is 9.59 Å². The second-order valence-corrected chi connectivity index (χ2v) is 8.73. The highest BCUT2D eigenvalue weighted by Gasteiger charge is 2.46. The molecule has 8 nitrogen and oxygen atoms in total. The molecule has 2 aromatic rings. The number of rotatable bonds is 10. The Hall–Kier alpha value is -3.62. The van der Waals surface area contributed by atoms with Crippen molar-refractivity contribution in [3.8, 4) is 11.5 Å². The third kappa shape index (κ3) is 5.61. The lowest BCUT2D eigenvalue weighted by Crippen LogP contribution is -3.14. The summed E-state index contributed by atoms with van der Waals surface area (Å²) in [5.74, 6) is -0.174. The van der Waals surface area contributed by atoms with Crippen LogP contribution in [0.1, 0.15) is 24.1 Å². The molecule has 0 aliphatic carbocycles. The zero-order valence-corrected chi connectivity index (χ0v) is 20.6. The van der Waals surface area contributed by atoms with Crippen molar-refractivity contribution < 1.29 is 33.8 Å². The van der Waals surface area contributed by atoms with E-state index in [-0.39, 0.29) is 11.3 Å². The average Bonchev–Trinajstić information content (AvgIpc) is 3.16. The normalized spacial score (nSPS) is 19.9. The van der Waals surface area contributed by atoms with Crippen molar-refractivity contribution in [2.75, 3.05) is 52.6 Å². The van der Waals surface area contributed by atoms with Crippen molar-refractivity contribution in [1.82, 2.24) is 4.90 Å². The minimum Gasteiger partial charge on any atom is -0.507 e. The maximum Gasteiger partial charge on any atom is 0.295 e. The number of nitrogens with zero attached hydrogens (tertiary/aromatic N) is 1. The van der Waals surface area contributed by atoms with Gasteiger partial charge in [-0.1, -0.05) is 24.8 Å². The van der Waals surface area contributed by atoms with Crippen LogP contribution < -0.4 is 14.4 Å². The number of ether oxygens (including phenoxy) is 3. The van der Waals surface area contributed by atoms with Gasteiger partial charge in [0.05, 0.1) is 44.5 Å². The number of quaternary nitrogens is 1. The zero-order valence-electron chi connectivity index (χ0n) is 20.6. The standard InChI is InChI=1S/C28H32N2O6/c1-3-17-36-23-9-5-20(6-10-23)25-24(26(31)21-7-11-22(12-8-21)35-4-2)27(32)28(33)30(25)14-13-29-15-18-34-19-16-29/h3,5-12,25,31H,1,4,13-19H2,2H3/p+1/t25-/m1/s1. The minimum absolute atomic E-state index is 0.0842. The van der Waals surface area contributed by atoms with Gasteiger partial charge < -0.3 is 29.1 Å². The van der Waals surface area contributed by atoms with Crippen molar-refractivity contribution in [3.05, 3.63) is 77.9 Å². The number of carbonyl (C=O) groups excluding carboxylic acids is 2. The van der Waals surface area contributed by atoms with Gasteiger partial charge in [-0.05, 0) is 48.9 Å². The van der Waals surface area contributed by atoms with E-state index in [0.29, 0.717) is 56.6 Å². The molecule has 1 amide bonds. The molecule has 2 fully saturated rings. The first-order chi connectivity index (χ1) is 17.5. The molecule has 2 saturated heterocycles. The van der Waals surface area contributed by atoms with Crippen LogP contribution in [0.3, 0.4) is 0 Å². The number of aliphatic hydroxyl groups excluding tert-OH is 1. The number of carbonyl (C=O) groups is 2. The van der Waals surface area contributed by atoms with E-state index in [1.807, 2.05) is 19.1 Å². The maximum atomic E-state index is 13.2. The fourth-order valence-electron chi connectivity index (χ4n) is 4.58. The number of nitrogens with one attached hydrogen (secondary N) is 1. The summed E-state index contributed by atoms with van der Waals surface area (Å²) in [5, 5.41) is 11.2. The predicted octanol–water partition coefficient (Wildman–Crippen LogP) is 1.99. The van der Waals surface area contributed by atoms with E-state index in [4.69, 9.17) is 14.2 Å². The highest BCUT2D eigenvalue weighted by atomic mass is 16.5. The molecule has 0 saturated carbocycles. The summed E-state index contributed by atoms with van der Waals surface area (Å²) in [6.07, 6.45) is 1.66. The van der Waals surface area contributed by atoms with Gasteiger partial charge in [0, 0.05) is 5.56 Å². The van der Waals surface area contributed by atoms with E-state index >= 15 is 0 Å². The highest BCUT2D eigenvalue weighted by molar-refractivity contribution is 6.46. The summed E-state index contributed by atoms with van der Waals surface area (Å²) in [7, 11) is 0. The fraction of sp³-hybridized carbons (Fsp3) is 0.357. The Bertz CT molecular complexity index is 1100. The largest absolute Gasteiger partial charge is 0.507 e. The minimum atomic E-state index is -0.703. The van der Waals surface area contributed by atoms with E-state index in [1.165, 1.54) is 4.90 Å². The number of aliphatic hydroxyl groups is 1. The van der Waals surface area contributed by atoms with Crippen molar-refractivity contribution in [3.63, 3.8) is 0 Å². The van der Waals surface area contributed by atoms with Crippen LogP contribution in [0.2, 0.25) is 0 Å². The van der Waals surface area contributed by atoms with Crippen LogP contribution in [0.15, 0.2) is 66.8 Å². The quantitative estimate of drug-likeness (QED) is 0.228. The number of morpholine rings is 1. The summed E-state index contributed by atoms with van der Waals surface area (Å²) in [5.41, 5.74) is 1.26. The molecule has 36 heavy (non-hydrogen) atoms. The molecule has 2 N–H and O–H groups in total. The fourth-order valence-corrected chi connectivity index (χ4v) is 4.58. The van der Waals surface area contributed by atoms with Crippen LogP contribution in [-0.2, 0) is 14.3 Å². The van der Waals surface area contributed by atoms with E-state index < -0.39 is 17.7 Å². The first-order valence-electron chi connectivity index (χ1n) is 12.3. The van der Waals surface area contributed by atoms with Gasteiger partial charge in [-0.15, -0.1) is 0 Å². The third-order valence-electron chi connectivity index (χ3n) is 6.45. The topological polar surface area (TPSA) is 89.7 Å². The molecule has 2 aliphatic rings. The summed E-state index contributed by atoms with van der Waals surface area (Å²) in [4.78, 5) is 29.3. The molecule has 2 aliphatic heterocycles. The smallest absolute Gasteiger partial charge is 0.295 e. The Morgan fingerprint density at radius 3 is 2.36 bits per heavy atom. The molecular weight excluding hydrogens is 460 g/mol. The van der Waals surface area contributed by atoms with Crippen LogP contribution in [0.25, 0.3) is 5.76 Å². The Morgan fingerprint density at radius 1 is 1.08 bits per heavy atom. The number of Topliss-reactive ketones (excluding diaryl/α,β-unsaturated/α-hetero) is 1. The second-order valence-electron chi connectivity index (χ2n) is 8.73. The SMILES string of the molecule is C=CCOc1ccc([C@@H]2C(=C(O)c3ccc(OCC)cc3)C(=O)C(=O)N2CC[NH+]2CCOCC2)cc1.